The topological polar surface area (TPSA) is 50.9 Å². The highest BCUT2D eigenvalue weighted by Gasteiger charge is 2.13. The van der Waals surface area contributed by atoms with E-state index in [0.29, 0.717) is 12.4 Å². The summed E-state index contributed by atoms with van der Waals surface area (Å²) in [6.07, 6.45) is 0. The van der Waals surface area contributed by atoms with Gasteiger partial charge in [0.1, 0.15) is 16.6 Å². The van der Waals surface area contributed by atoms with Crippen molar-refractivity contribution in [3.05, 3.63) is 66.0 Å². The largest absolute Gasteiger partial charge is 0.382 e. The molecule has 0 amide bonds. The molecule has 0 radical (unpaired) electrons. The first kappa shape index (κ1) is 13.6. The lowest BCUT2D eigenvalue weighted by Crippen LogP contribution is -1.99. The number of nitrogen functional groups attached to an aromatic ring is 1. The molecular weight excluding hydrogens is 285 g/mol. The molecule has 0 aliphatic rings. The molecule has 3 rings (SSSR count). The van der Waals surface area contributed by atoms with Crippen LogP contribution in [-0.2, 0) is 6.54 Å². The number of anilines is 2. The number of nitrogens with one attached hydrogen (secondary N) is 1. The van der Waals surface area contributed by atoms with Gasteiger partial charge in [-0.15, -0.1) is 0 Å². The van der Waals surface area contributed by atoms with Crippen molar-refractivity contribution >= 4 is 22.4 Å². The maximum Gasteiger partial charge on any atom is 0.147 e. The zero-order valence-corrected chi connectivity index (χ0v) is 12.0. The molecule has 0 atom stereocenters. The fourth-order valence-electron chi connectivity index (χ4n) is 2.09. The van der Waals surface area contributed by atoms with Gasteiger partial charge < -0.3 is 11.1 Å². The summed E-state index contributed by atoms with van der Waals surface area (Å²) in [5, 5.41) is 4.24. The predicted octanol–water partition coefficient (Wildman–Crippen LogP) is 4.14. The summed E-state index contributed by atoms with van der Waals surface area (Å²) in [6.45, 7) is 0.599. The first-order chi connectivity index (χ1) is 10.2. The van der Waals surface area contributed by atoms with Crippen LogP contribution < -0.4 is 11.1 Å². The third-order valence-corrected chi connectivity index (χ3v) is 3.97. The number of aromatic nitrogens is 1. The van der Waals surface area contributed by atoms with Crippen molar-refractivity contribution in [2.24, 2.45) is 0 Å². The fourth-order valence-corrected chi connectivity index (χ4v) is 2.82. The van der Waals surface area contributed by atoms with Gasteiger partial charge in [0.05, 0.1) is 5.56 Å². The molecule has 1 heterocycles. The zero-order valence-electron chi connectivity index (χ0n) is 11.2. The summed E-state index contributed by atoms with van der Waals surface area (Å²) in [6, 6.07) is 16.3. The Morgan fingerprint density at radius 1 is 1.05 bits per heavy atom. The molecule has 3 aromatic rings. The van der Waals surface area contributed by atoms with Crippen LogP contribution in [0.15, 0.2) is 54.6 Å². The van der Waals surface area contributed by atoms with Crippen molar-refractivity contribution in [3.63, 3.8) is 0 Å². The van der Waals surface area contributed by atoms with E-state index in [4.69, 9.17) is 5.73 Å². The third-order valence-electron chi connectivity index (χ3n) is 3.15. The van der Waals surface area contributed by atoms with E-state index in [-0.39, 0.29) is 5.82 Å². The van der Waals surface area contributed by atoms with Gasteiger partial charge in [-0.05, 0) is 34.8 Å². The molecule has 21 heavy (non-hydrogen) atoms. The summed E-state index contributed by atoms with van der Waals surface area (Å²) in [5.41, 5.74) is 8.93. The molecule has 0 bridgehead atoms. The molecule has 0 saturated heterocycles. The molecule has 1 aromatic heterocycles. The minimum Gasteiger partial charge on any atom is -0.382 e. The van der Waals surface area contributed by atoms with Crippen LogP contribution in [0.25, 0.3) is 11.1 Å². The van der Waals surface area contributed by atoms with Crippen LogP contribution in [0.2, 0.25) is 0 Å². The number of rotatable bonds is 4. The number of nitrogens with two attached hydrogens (primary N) is 1. The van der Waals surface area contributed by atoms with Gasteiger partial charge >= 0.3 is 0 Å². The summed E-state index contributed by atoms with van der Waals surface area (Å²) in [5.74, 6) is 0.290. The van der Waals surface area contributed by atoms with Gasteiger partial charge in [0.2, 0.25) is 0 Å². The number of hydrogen-bond donors (Lipinski definition) is 2. The first-order valence-corrected chi connectivity index (χ1v) is 7.30. The van der Waals surface area contributed by atoms with Crippen molar-refractivity contribution in [3.8, 4) is 11.1 Å². The minimum absolute atomic E-state index is 0.231. The second kappa shape index (κ2) is 5.93. The first-order valence-electron chi connectivity index (χ1n) is 6.53. The molecule has 0 aliphatic heterocycles. The van der Waals surface area contributed by atoms with Crippen molar-refractivity contribution in [2.75, 3.05) is 11.1 Å². The average molecular weight is 299 g/mol. The summed E-state index contributed by atoms with van der Waals surface area (Å²) in [4.78, 5) is 0. The molecule has 5 heteroatoms. The molecule has 0 spiro atoms. The van der Waals surface area contributed by atoms with E-state index in [0.717, 1.165) is 21.7 Å². The van der Waals surface area contributed by atoms with E-state index < -0.39 is 0 Å². The molecule has 0 saturated carbocycles. The lowest BCUT2D eigenvalue weighted by Gasteiger charge is -2.07. The van der Waals surface area contributed by atoms with E-state index in [1.807, 2.05) is 30.3 Å². The van der Waals surface area contributed by atoms with Crippen LogP contribution in [0.5, 0.6) is 0 Å². The Balaban J connectivity index is 1.82. The van der Waals surface area contributed by atoms with Gasteiger partial charge in [-0.1, -0.05) is 42.5 Å². The van der Waals surface area contributed by atoms with Gasteiger partial charge in [0.15, 0.2) is 0 Å². The highest BCUT2D eigenvalue weighted by atomic mass is 32.1. The van der Waals surface area contributed by atoms with Crippen LogP contribution in [0.3, 0.4) is 0 Å². The Labute approximate surface area is 126 Å². The molecule has 0 unspecified atom stereocenters. The maximum absolute atomic E-state index is 12.9. The monoisotopic (exact) mass is 299 g/mol. The Morgan fingerprint density at radius 3 is 2.48 bits per heavy atom. The Morgan fingerprint density at radius 2 is 1.76 bits per heavy atom. The maximum atomic E-state index is 12.9. The highest BCUT2D eigenvalue weighted by Crippen LogP contribution is 2.36. The van der Waals surface area contributed by atoms with Gasteiger partial charge in [-0.3, -0.25) is 0 Å². The van der Waals surface area contributed by atoms with E-state index in [1.165, 1.54) is 23.7 Å². The number of nitrogens with zero attached hydrogens (tertiary/aromatic N) is 1. The predicted molar refractivity (Wildman–Crippen MR) is 85.7 cm³/mol. The lowest BCUT2D eigenvalue weighted by atomic mass is 10.1. The molecular formula is C16H14FN3S. The van der Waals surface area contributed by atoms with Gasteiger partial charge in [0, 0.05) is 6.54 Å². The molecule has 3 nitrogen and oxygen atoms in total. The van der Waals surface area contributed by atoms with Gasteiger partial charge in [-0.2, -0.15) is 4.37 Å². The number of hydrogen-bond acceptors (Lipinski definition) is 4. The van der Waals surface area contributed by atoms with Crippen molar-refractivity contribution in [2.45, 2.75) is 6.54 Å². The molecule has 3 N–H and O–H groups in total. The van der Waals surface area contributed by atoms with Crippen LogP contribution in [0, 0.1) is 5.82 Å². The van der Waals surface area contributed by atoms with Crippen LogP contribution in [-0.4, -0.2) is 4.37 Å². The molecule has 2 aromatic carbocycles. The van der Waals surface area contributed by atoms with Crippen molar-refractivity contribution in [1.82, 2.24) is 4.37 Å². The second-order valence-corrected chi connectivity index (χ2v) is 5.39. The quantitative estimate of drug-likeness (QED) is 0.761. The van der Waals surface area contributed by atoms with Crippen LogP contribution >= 0.6 is 11.5 Å². The van der Waals surface area contributed by atoms with Gasteiger partial charge in [-0.25, -0.2) is 4.39 Å². The van der Waals surface area contributed by atoms with E-state index >= 15 is 0 Å². The number of benzene rings is 2. The SMILES string of the molecule is Nc1nsc(NCc2ccc(F)cc2)c1-c1ccccc1. The summed E-state index contributed by atoms with van der Waals surface area (Å²) < 4.78 is 17.1. The normalized spacial score (nSPS) is 10.5. The molecule has 0 aliphatic carbocycles. The van der Waals surface area contributed by atoms with Crippen LogP contribution in [0.4, 0.5) is 15.2 Å². The van der Waals surface area contributed by atoms with E-state index in [1.54, 1.807) is 12.1 Å². The Kier molecular flexibility index (Phi) is 3.83. The third kappa shape index (κ3) is 3.03. The molecule has 0 fully saturated rings. The second-order valence-electron chi connectivity index (χ2n) is 4.62. The lowest BCUT2D eigenvalue weighted by molar-refractivity contribution is 0.627. The number of halogens is 1. The highest BCUT2D eigenvalue weighted by molar-refractivity contribution is 7.11. The van der Waals surface area contributed by atoms with Crippen LogP contribution in [0.1, 0.15) is 5.56 Å². The summed E-state index contributed by atoms with van der Waals surface area (Å²) in [7, 11) is 0. The zero-order chi connectivity index (χ0) is 14.7. The van der Waals surface area contributed by atoms with Crippen molar-refractivity contribution < 1.29 is 4.39 Å². The van der Waals surface area contributed by atoms with Gasteiger partial charge in [0.25, 0.3) is 0 Å². The Hall–Kier alpha value is -2.40. The molecule has 106 valence electrons. The standard InChI is InChI=1S/C16H14FN3S/c17-13-8-6-11(7-9-13)10-19-16-14(15(18)20-21-16)12-4-2-1-3-5-12/h1-9,19H,10H2,(H2,18,20). The fraction of sp³-hybridized carbons (Fsp3) is 0.0625. The van der Waals surface area contributed by atoms with E-state index in [9.17, 15) is 4.39 Å². The Bertz CT molecular complexity index is 723. The summed E-state index contributed by atoms with van der Waals surface area (Å²) >= 11 is 1.33. The average Bonchev–Trinajstić information content (AvgIpc) is 2.88. The van der Waals surface area contributed by atoms with Crippen molar-refractivity contribution in [1.29, 1.82) is 0 Å². The minimum atomic E-state index is -0.231. The van der Waals surface area contributed by atoms with E-state index in [2.05, 4.69) is 9.69 Å². The smallest absolute Gasteiger partial charge is 0.147 e.